The highest BCUT2D eigenvalue weighted by atomic mass is 32.1. The summed E-state index contributed by atoms with van der Waals surface area (Å²) in [5.41, 5.74) is 2.63. The molecule has 1 aliphatic rings. The van der Waals surface area contributed by atoms with Gasteiger partial charge in [-0.05, 0) is 39.3 Å². The van der Waals surface area contributed by atoms with Crippen molar-refractivity contribution < 1.29 is 0 Å². The van der Waals surface area contributed by atoms with E-state index in [1.807, 2.05) is 11.3 Å². The van der Waals surface area contributed by atoms with E-state index < -0.39 is 0 Å². The molecule has 2 aromatic rings. The van der Waals surface area contributed by atoms with Crippen molar-refractivity contribution in [3.8, 4) is 0 Å². The molecule has 0 saturated heterocycles. The van der Waals surface area contributed by atoms with E-state index >= 15 is 0 Å². The van der Waals surface area contributed by atoms with Gasteiger partial charge in [-0.3, -0.25) is 0 Å². The third kappa shape index (κ3) is 2.53. The predicted molar refractivity (Wildman–Crippen MR) is 90.0 cm³/mol. The molecule has 1 heterocycles. The van der Waals surface area contributed by atoms with E-state index in [1.165, 1.54) is 46.8 Å². The molecule has 3 rings (SSSR count). The van der Waals surface area contributed by atoms with E-state index in [0.29, 0.717) is 5.92 Å². The molecule has 0 amide bonds. The van der Waals surface area contributed by atoms with Gasteiger partial charge in [0.1, 0.15) is 5.01 Å². The fourth-order valence-corrected chi connectivity index (χ4v) is 4.83. The molecule has 0 bridgehead atoms. The second-order valence-electron chi connectivity index (χ2n) is 6.09. The molecule has 2 nitrogen and oxygen atoms in total. The Hall–Kier alpha value is -1.19. The van der Waals surface area contributed by atoms with Crippen LogP contribution in [0.4, 0.5) is 0 Å². The molecule has 0 radical (unpaired) electrons. The van der Waals surface area contributed by atoms with Gasteiger partial charge in [0.05, 0.1) is 11.2 Å². The Balaban J connectivity index is 2.08. The number of aromatic nitrogens is 1. The fraction of sp³-hybridized carbons (Fsp3) is 0.500. The third-order valence-electron chi connectivity index (χ3n) is 4.97. The van der Waals surface area contributed by atoms with Gasteiger partial charge in [-0.15, -0.1) is 11.3 Å². The van der Waals surface area contributed by atoms with E-state index in [0.717, 1.165) is 0 Å². The number of likely N-dealkylation sites (N-methyl/N-ethyl adjacent to an activating group) is 1. The van der Waals surface area contributed by atoms with E-state index in [2.05, 4.69) is 56.5 Å². The fourth-order valence-electron chi connectivity index (χ4n) is 3.64. The van der Waals surface area contributed by atoms with Crippen LogP contribution in [-0.4, -0.2) is 12.0 Å². The summed E-state index contributed by atoms with van der Waals surface area (Å²) in [7, 11) is 2.10. The van der Waals surface area contributed by atoms with Crippen molar-refractivity contribution in [2.75, 3.05) is 7.05 Å². The average Bonchev–Trinajstić information content (AvgIpc) is 2.88. The minimum absolute atomic E-state index is 0.00326. The smallest absolute Gasteiger partial charge is 0.114 e. The average molecular weight is 300 g/mol. The second kappa shape index (κ2) is 5.90. The standard InChI is InChI=1S/C18H24N2S/c1-13-14(2)21-17(20-13)18(19-3)12-8-7-11-16(18)15-9-5-4-6-10-15/h4-6,9-10,16,19H,7-8,11-12H2,1-3H3. The molecule has 3 heteroatoms. The lowest BCUT2D eigenvalue weighted by Gasteiger charge is -2.43. The lowest BCUT2D eigenvalue weighted by atomic mass is 9.70. The molecule has 1 aromatic carbocycles. The van der Waals surface area contributed by atoms with Crippen molar-refractivity contribution >= 4 is 11.3 Å². The largest absolute Gasteiger partial charge is 0.308 e. The Kier molecular flexibility index (Phi) is 4.14. The number of nitrogens with one attached hydrogen (secondary N) is 1. The van der Waals surface area contributed by atoms with E-state index in [9.17, 15) is 0 Å². The van der Waals surface area contributed by atoms with Crippen molar-refractivity contribution in [3.05, 3.63) is 51.5 Å². The van der Waals surface area contributed by atoms with Crippen LogP contribution in [0.15, 0.2) is 30.3 Å². The number of rotatable bonds is 3. The van der Waals surface area contributed by atoms with Crippen LogP contribution in [0.5, 0.6) is 0 Å². The summed E-state index contributed by atoms with van der Waals surface area (Å²) in [5.74, 6) is 0.516. The molecule has 21 heavy (non-hydrogen) atoms. The van der Waals surface area contributed by atoms with Crippen molar-refractivity contribution in [2.45, 2.75) is 51.0 Å². The van der Waals surface area contributed by atoms with Crippen LogP contribution in [0.3, 0.4) is 0 Å². The maximum Gasteiger partial charge on any atom is 0.114 e. The van der Waals surface area contributed by atoms with E-state index in [4.69, 9.17) is 4.98 Å². The molecule has 0 aliphatic heterocycles. The first-order valence-corrected chi connectivity index (χ1v) is 8.67. The molecule has 1 fully saturated rings. The van der Waals surface area contributed by atoms with Crippen LogP contribution in [0.1, 0.15) is 52.7 Å². The van der Waals surface area contributed by atoms with Crippen LogP contribution in [0, 0.1) is 13.8 Å². The zero-order chi connectivity index (χ0) is 14.9. The van der Waals surface area contributed by atoms with Crippen molar-refractivity contribution in [1.82, 2.24) is 10.3 Å². The summed E-state index contributed by atoms with van der Waals surface area (Å²) in [6, 6.07) is 11.0. The molecule has 0 spiro atoms. The van der Waals surface area contributed by atoms with Crippen LogP contribution in [-0.2, 0) is 5.54 Å². The monoisotopic (exact) mass is 300 g/mol. The first-order valence-electron chi connectivity index (χ1n) is 7.86. The summed E-state index contributed by atoms with van der Waals surface area (Å²) >= 11 is 1.87. The highest BCUT2D eigenvalue weighted by Gasteiger charge is 2.44. The number of aryl methyl sites for hydroxylation is 2. The van der Waals surface area contributed by atoms with Gasteiger partial charge in [-0.25, -0.2) is 4.98 Å². The normalized spacial score (nSPS) is 26.0. The van der Waals surface area contributed by atoms with Gasteiger partial charge in [-0.2, -0.15) is 0 Å². The van der Waals surface area contributed by atoms with E-state index in [-0.39, 0.29) is 5.54 Å². The quantitative estimate of drug-likeness (QED) is 0.900. The topological polar surface area (TPSA) is 24.9 Å². The highest BCUT2D eigenvalue weighted by Crippen LogP contribution is 2.48. The summed E-state index contributed by atoms with van der Waals surface area (Å²) in [6.45, 7) is 4.30. The lowest BCUT2D eigenvalue weighted by molar-refractivity contribution is 0.207. The lowest BCUT2D eigenvalue weighted by Crippen LogP contribution is -2.47. The maximum absolute atomic E-state index is 4.91. The summed E-state index contributed by atoms with van der Waals surface area (Å²) < 4.78 is 0. The second-order valence-corrected chi connectivity index (χ2v) is 7.29. The van der Waals surface area contributed by atoms with Gasteiger partial charge >= 0.3 is 0 Å². The SMILES string of the molecule is CNC1(c2nc(C)c(C)s2)CCCCC1c1ccccc1. The molecule has 1 aliphatic carbocycles. The van der Waals surface area contributed by atoms with Crippen molar-refractivity contribution in [2.24, 2.45) is 0 Å². The molecule has 2 unspecified atom stereocenters. The number of hydrogen-bond acceptors (Lipinski definition) is 3. The Morgan fingerprint density at radius 3 is 2.57 bits per heavy atom. The van der Waals surface area contributed by atoms with Crippen LogP contribution >= 0.6 is 11.3 Å². The van der Waals surface area contributed by atoms with Gasteiger partial charge in [0, 0.05) is 10.8 Å². The van der Waals surface area contributed by atoms with Gasteiger partial charge < -0.3 is 5.32 Å². The molecule has 1 saturated carbocycles. The molecule has 2 atom stereocenters. The number of hydrogen-bond donors (Lipinski definition) is 1. The molecule has 1 N–H and O–H groups in total. The number of thiazole rings is 1. The Bertz CT molecular complexity index is 585. The summed E-state index contributed by atoms with van der Waals surface area (Å²) in [4.78, 5) is 6.25. The first kappa shape index (κ1) is 14.7. The maximum atomic E-state index is 4.91. The summed E-state index contributed by atoms with van der Waals surface area (Å²) in [5, 5.41) is 4.94. The minimum atomic E-state index is 0.00326. The van der Waals surface area contributed by atoms with Crippen LogP contribution in [0.25, 0.3) is 0 Å². The number of benzene rings is 1. The Morgan fingerprint density at radius 1 is 1.19 bits per heavy atom. The molecule has 112 valence electrons. The van der Waals surface area contributed by atoms with E-state index in [1.54, 1.807) is 0 Å². The Labute approximate surface area is 131 Å². The molecular weight excluding hydrogens is 276 g/mol. The first-order chi connectivity index (χ1) is 10.2. The van der Waals surface area contributed by atoms with Gasteiger partial charge in [0.2, 0.25) is 0 Å². The molecular formula is C18H24N2S. The van der Waals surface area contributed by atoms with Crippen molar-refractivity contribution in [1.29, 1.82) is 0 Å². The highest BCUT2D eigenvalue weighted by molar-refractivity contribution is 7.11. The van der Waals surface area contributed by atoms with Gasteiger partial charge in [-0.1, -0.05) is 43.2 Å². The van der Waals surface area contributed by atoms with Crippen LogP contribution in [0.2, 0.25) is 0 Å². The Morgan fingerprint density at radius 2 is 1.95 bits per heavy atom. The van der Waals surface area contributed by atoms with Crippen LogP contribution < -0.4 is 5.32 Å². The summed E-state index contributed by atoms with van der Waals surface area (Å²) in [6.07, 6.45) is 5.01. The third-order valence-corrected chi connectivity index (χ3v) is 6.22. The zero-order valence-electron chi connectivity index (χ0n) is 13.1. The van der Waals surface area contributed by atoms with Gasteiger partial charge in [0.25, 0.3) is 0 Å². The van der Waals surface area contributed by atoms with Gasteiger partial charge in [0.15, 0.2) is 0 Å². The predicted octanol–water partition coefficient (Wildman–Crippen LogP) is 4.53. The van der Waals surface area contributed by atoms with Crippen molar-refractivity contribution in [3.63, 3.8) is 0 Å². The zero-order valence-corrected chi connectivity index (χ0v) is 14.0. The molecule has 1 aromatic heterocycles. The minimum Gasteiger partial charge on any atom is -0.308 e. The number of nitrogens with zero attached hydrogens (tertiary/aromatic N) is 1.